The average molecular weight is 439 g/mol. The molecule has 0 bridgehead atoms. The molecule has 0 aromatic heterocycles. The van der Waals surface area contributed by atoms with Crippen molar-refractivity contribution >= 4 is 29.4 Å². The number of imide groups is 1. The summed E-state index contributed by atoms with van der Waals surface area (Å²) in [5.41, 5.74) is 2.10. The van der Waals surface area contributed by atoms with Crippen molar-refractivity contribution in [1.29, 1.82) is 5.26 Å². The van der Waals surface area contributed by atoms with Gasteiger partial charge in [0.25, 0.3) is 17.7 Å². The summed E-state index contributed by atoms with van der Waals surface area (Å²) >= 11 is 0. The van der Waals surface area contributed by atoms with E-state index in [1.54, 1.807) is 24.3 Å². The predicted octanol–water partition coefficient (Wildman–Crippen LogP) is 3.15. The maximum Gasteiger partial charge on any atom is 0.338 e. The minimum atomic E-state index is -0.797. The number of benzene rings is 3. The fourth-order valence-electron chi connectivity index (χ4n) is 3.37. The molecule has 8 heteroatoms. The quantitative estimate of drug-likeness (QED) is 0.466. The number of nitriles is 1. The second-order valence-corrected chi connectivity index (χ2v) is 7.26. The fourth-order valence-corrected chi connectivity index (χ4v) is 3.37. The lowest BCUT2D eigenvalue weighted by Gasteiger charge is -2.13. The lowest BCUT2D eigenvalue weighted by Crippen LogP contribution is -2.29. The van der Waals surface area contributed by atoms with Gasteiger partial charge in [0.05, 0.1) is 34.9 Å². The van der Waals surface area contributed by atoms with Crippen LogP contribution in [0.2, 0.25) is 0 Å². The van der Waals surface area contributed by atoms with E-state index in [1.807, 2.05) is 36.4 Å². The molecule has 0 unspecified atom stereocenters. The van der Waals surface area contributed by atoms with Gasteiger partial charge >= 0.3 is 5.97 Å². The summed E-state index contributed by atoms with van der Waals surface area (Å²) in [4.78, 5) is 51.0. The van der Waals surface area contributed by atoms with E-state index in [4.69, 9.17) is 10.00 Å². The van der Waals surface area contributed by atoms with Crippen LogP contribution in [-0.4, -0.2) is 35.2 Å². The van der Waals surface area contributed by atoms with Crippen molar-refractivity contribution in [3.63, 3.8) is 0 Å². The maximum absolute atomic E-state index is 12.8. The molecule has 3 aromatic rings. The van der Waals surface area contributed by atoms with E-state index in [0.717, 1.165) is 10.5 Å². The minimum Gasteiger partial charge on any atom is -0.452 e. The zero-order chi connectivity index (χ0) is 23.4. The number of hydrogen-bond donors (Lipinski definition) is 1. The Balaban J connectivity index is 1.39. The molecule has 0 atom stereocenters. The van der Waals surface area contributed by atoms with Crippen molar-refractivity contribution < 1.29 is 23.9 Å². The van der Waals surface area contributed by atoms with Crippen LogP contribution >= 0.6 is 0 Å². The summed E-state index contributed by atoms with van der Waals surface area (Å²) < 4.78 is 5.04. The van der Waals surface area contributed by atoms with Gasteiger partial charge in [-0.15, -0.1) is 0 Å². The lowest BCUT2D eigenvalue weighted by atomic mass is 10.1. The Labute approximate surface area is 189 Å². The molecule has 1 aliphatic heterocycles. The molecule has 162 valence electrons. The number of ether oxygens (including phenoxy) is 1. The Morgan fingerprint density at radius 3 is 2.30 bits per heavy atom. The highest BCUT2D eigenvalue weighted by Gasteiger charge is 2.36. The molecular weight excluding hydrogens is 422 g/mol. The van der Waals surface area contributed by atoms with Crippen LogP contribution in [0.4, 0.5) is 5.69 Å². The largest absolute Gasteiger partial charge is 0.452 e. The van der Waals surface area contributed by atoms with Crippen molar-refractivity contribution in [2.45, 2.75) is 6.54 Å². The highest BCUT2D eigenvalue weighted by Crippen LogP contribution is 2.26. The molecule has 1 N–H and O–H groups in total. The Morgan fingerprint density at radius 2 is 1.61 bits per heavy atom. The molecule has 3 amide bonds. The van der Waals surface area contributed by atoms with Gasteiger partial charge in [-0.25, -0.2) is 4.79 Å². The molecule has 1 heterocycles. The summed E-state index contributed by atoms with van der Waals surface area (Å²) in [6.07, 6.45) is 0. The topological polar surface area (TPSA) is 117 Å². The Bertz CT molecular complexity index is 1290. The summed E-state index contributed by atoms with van der Waals surface area (Å²) in [5.74, 6) is -2.28. The number of amides is 3. The third kappa shape index (κ3) is 4.62. The molecule has 3 aromatic carbocycles. The van der Waals surface area contributed by atoms with Gasteiger partial charge in [-0.1, -0.05) is 30.3 Å². The van der Waals surface area contributed by atoms with Gasteiger partial charge in [-0.3, -0.25) is 19.3 Å². The summed E-state index contributed by atoms with van der Waals surface area (Å²) in [6.45, 7) is -0.411. The molecule has 0 saturated heterocycles. The second-order valence-electron chi connectivity index (χ2n) is 7.26. The number of hydrogen-bond acceptors (Lipinski definition) is 6. The number of carbonyl (C=O) groups is 4. The second kappa shape index (κ2) is 9.16. The molecule has 4 rings (SSSR count). The SMILES string of the molecule is N#Cc1ccc(NC(=O)COC(=O)c2ccc3c(c2)C(=O)N(Cc2ccccc2)C3=O)cc1. The third-order valence-electron chi connectivity index (χ3n) is 5.02. The van der Waals surface area contributed by atoms with Gasteiger partial charge in [-0.05, 0) is 48.0 Å². The molecular formula is C25H17N3O5. The average Bonchev–Trinajstić information content (AvgIpc) is 3.08. The number of anilines is 1. The van der Waals surface area contributed by atoms with Crippen molar-refractivity contribution in [2.24, 2.45) is 0 Å². The smallest absolute Gasteiger partial charge is 0.338 e. The zero-order valence-corrected chi connectivity index (χ0v) is 17.3. The van der Waals surface area contributed by atoms with Crippen LogP contribution in [0.15, 0.2) is 72.8 Å². The molecule has 0 saturated carbocycles. The molecule has 0 fully saturated rings. The maximum atomic E-state index is 12.8. The van der Waals surface area contributed by atoms with E-state index < -0.39 is 30.3 Å². The van der Waals surface area contributed by atoms with Crippen LogP contribution in [0.25, 0.3) is 0 Å². The molecule has 0 aliphatic carbocycles. The lowest BCUT2D eigenvalue weighted by molar-refractivity contribution is -0.119. The first-order valence-electron chi connectivity index (χ1n) is 9.97. The molecule has 1 aliphatic rings. The van der Waals surface area contributed by atoms with Crippen LogP contribution in [0.5, 0.6) is 0 Å². The van der Waals surface area contributed by atoms with Crippen molar-refractivity contribution in [1.82, 2.24) is 4.90 Å². The number of esters is 1. The molecule has 0 radical (unpaired) electrons. The van der Waals surface area contributed by atoms with E-state index >= 15 is 0 Å². The zero-order valence-electron chi connectivity index (χ0n) is 17.3. The number of nitrogens with zero attached hydrogens (tertiary/aromatic N) is 2. The van der Waals surface area contributed by atoms with Crippen LogP contribution < -0.4 is 5.32 Å². The van der Waals surface area contributed by atoms with Crippen LogP contribution in [-0.2, 0) is 16.1 Å². The Morgan fingerprint density at radius 1 is 0.909 bits per heavy atom. The van der Waals surface area contributed by atoms with Gasteiger partial charge in [-0.2, -0.15) is 5.26 Å². The van der Waals surface area contributed by atoms with Gasteiger partial charge in [0.2, 0.25) is 0 Å². The first-order valence-corrected chi connectivity index (χ1v) is 9.97. The highest BCUT2D eigenvalue weighted by atomic mass is 16.5. The summed E-state index contributed by atoms with van der Waals surface area (Å²) in [6, 6.07) is 21.4. The minimum absolute atomic E-state index is 0.0580. The van der Waals surface area contributed by atoms with Gasteiger partial charge in [0.1, 0.15) is 0 Å². The van der Waals surface area contributed by atoms with Crippen molar-refractivity contribution in [3.8, 4) is 6.07 Å². The number of nitrogens with one attached hydrogen (secondary N) is 1. The summed E-state index contributed by atoms with van der Waals surface area (Å²) in [5, 5.41) is 11.3. The van der Waals surface area contributed by atoms with E-state index in [0.29, 0.717) is 11.3 Å². The van der Waals surface area contributed by atoms with E-state index in [2.05, 4.69) is 5.32 Å². The van der Waals surface area contributed by atoms with Crippen molar-refractivity contribution in [3.05, 3.63) is 101 Å². The number of carbonyl (C=O) groups excluding carboxylic acids is 4. The first-order chi connectivity index (χ1) is 16.0. The first kappa shape index (κ1) is 21.5. The highest BCUT2D eigenvalue weighted by molar-refractivity contribution is 6.21. The fraction of sp³-hybridized carbons (Fsp3) is 0.0800. The molecule has 8 nitrogen and oxygen atoms in total. The standard InChI is InChI=1S/C25H17N3O5/c26-13-16-6-9-19(10-7-16)27-22(29)15-33-25(32)18-8-11-20-21(12-18)24(31)28(23(20)30)14-17-4-2-1-3-5-17/h1-12H,14-15H2,(H,27,29). The van der Waals surface area contributed by atoms with Gasteiger partial charge < -0.3 is 10.1 Å². The van der Waals surface area contributed by atoms with Crippen LogP contribution in [0, 0.1) is 11.3 Å². The van der Waals surface area contributed by atoms with Gasteiger partial charge in [0, 0.05) is 5.69 Å². The molecule has 0 spiro atoms. The Hall–Kier alpha value is -4.77. The third-order valence-corrected chi connectivity index (χ3v) is 5.02. The van der Waals surface area contributed by atoms with Gasteiger partial charge in [0.15, 0.2) is 6.61 Å². The van der Waals surface area contributed by atoms with E-state index in [1.165, 1.54) is 18.2 Å². The van der Waals surface area contributed by atoms with E-state index in [-0.39, 0.29) is 23.2 Å². The van der Waals surface area contributed by atoms with E-state index in [9.17, 15) is 19.2 Å². The predicted molar refractivity (Wildman–Crippen MR) is 117 cm³/mol. The molecule has 33 heavy (non-hydrogen) atoms. The normalized spacial score (nSPS) is 12.2. The van der Waals surface area contributed by atoms with Crippen LogP contribution in [0.3, 0.4) is 0 Å². The number of fused-ring (bicyclic) bond motifs is 1. The number of rotatable bonds is 6. The van der Waals surface area contributed by atoms with Crippen LogP contribution in [0.1, 0.15) is 42.2 Å². The Kier molecular flexibility index (Phi) is 5.96. The van der Waals surface area contributed by atoms with Crippen molar-refractivity contribution in [2.75, 3.05) is 11.9 Å². The monoisotopic (exact) mass is 439 g/mol. The summed E-state index contributed by atoms with van der Waals surface area (Å²) in [7, 11) is 0.